The van der Waals surface area contributed by atoms with Gasteiger partial charge in [-0.25, -0.2) is 4.79 Å². The number of anilines is 1. The summed E-state index contributed by atoms with van der Waals surface area (Å²) in [4.78, 5) is 35.6. The van der Waals surface area contributed by atoms with Crippen molar-refractivity contribution in [3.8, 4) is 0 Å². The van der Waals surface area contributed by atoms with Gasteiger partial charge in [0.2, 0.25) is 0 Å². The zero-order valence-electron chi connectivity index (χ0n) is 15.8. The van der Waals surface area contributed by atoms with Crippen LogP contribution in [0.2, 0.25) is 0 Å². The molecule has 0 radical (unpaired) electrons. The normalized spacial score (nSPS) is 15.6. The van der Waals surface area contributed by atoms with E-state index in [9.17, 15) is 19.7 Å². The molecule has 3 rings (SSSR count). The van der Waals surface area contributed by atoms with Crippen molar-refractivity contribution in [2.75, 3.05) is 24.3 Å². The predicted octanol–water partition coefficient (Wildman–Crippen LogP) is 4.42. The molecule has 1 heterocycles. The van der Waals surface area contributed by atoms with E-state index < -0.39 is 23.4 Å². The van der Waals surface area contributed by atoms with Gasteiger partial charge in [-0.1, -0.05) is 12.1 Å². The van der Waals surface area contributed by atoms with Crippen molar-refractivity contribution in [2.24, 2.45) is 0 Å². The Balaban J connectivity index is 1.55. The Bertz CT molecular complexity index is 949. The number of carbonyl (C=O) groups excluding carboxylic acids is 2. The predicted molar refractivity (Wildman–Crippen MR) is 116 cm³/mol. The molecule has 1 fully saturated rings. The maximum atomic E-state index is 12.5. The Morgan fingerprint density at radius 3 is 2.80 bits per heavy atom. The average Bonchev–Trinajstić information content (AvgIpc) is 3.25. The average molecular weight is 495 g/mol. The molecule has 10 heteroatoms. The van der Waals surface area contributed by atoms with Crippen molar-refractivity contribution in [1.29, 1.82) is 0 Å². The Morgan fingerprint density at radius 1 is 1.30 bits per heavy atom. The number of esters is 1. The van der Waals surface area contributed by atoms with Gasteiger partial charge in [0.25, 0.3) is 11.6 Å². The highest BCUT2D eigenvalue weighted by atomic mass is 79.9. The quantitative estimate of drug-likeness (QED) is 0.250. The number of ether oxygens (including phenoxy) is 2. The molecule has 2 aromatic rings. The van der Waals surface area contributed by atoms with E-state index >= 15 is 0 Å². The fourth-order valence-electron chi connectivity index (χ4n) is 2.83. The lowest BCUT2D eigenvalue weighted by Gasteiger charge is -2.12. The lowest BCUT2D eigenvalue weighted by Crippen LogP contribution is -2.21. The van der Waals surface area contributed by atoms with E-state index in [2.05, 4.69) is 21.2 Å². The molecule has 1 aliphatic heterocycles. The van der Waals surface area contributed by atoms with E-state index in [1.165, 1.54) is 30.0 Å². The molecule has 0 aromatic heterocycles. The Labute approximate surface area is 185 Å². The highest BCUT2D eigenvalue weighted by Crippen LogP contribution is 2.28. The van der Waals surface area contributed by atoms with Gasteiger partial charge in [-0.2, -0.15) is 0 Å². The summed E-state index contributed by atoms with van der Waals surface area (Å²) in [5, 5.41) is 13.3. The van der Waals surface area contributed by atoms with Crippen LogP contribution in [0, 0.1) is 10.1 Å². The lowest BCUT2D eigenvalue weighted by atomic mass is 10.2. The number of amides is 1. The number of nitrogens with one attached hydrogen (secondary N) is 1. The Kier molecular flexibility index (Phi) is 7.83. The van der Waals surface area contributed by atoms with Crippen LogP contribution in [0.3, 0.4) is 0 Å². The molecular weight excluding hydrogens is 476 g/mol. The molecule has 0 saturated carbocycles. The van der Waals surface area contributed by atoms with Gasteiger partial charge in [0.1, 0.15) is 0 Å². The molecule has 1 saturated heterocycles. The van der Waals surface area contributed by atoms with E-state index in [1.807, 2.05) is 12.1 Å². The first-order valence-corrected chi connectivity index (χ1v) is 11.0. The van der Waals surface area contributed by atoms with Gasteiger partial charge >= 0.3 is 5.97 Å². The number of nitrogens with zero attached hydrogens (tertiary/aromatic N) is 1. The number of nitro groups is 1. The molecule has 0 aliphatic carbocycles. The molecule has 8 nitrogen and oxygen atoms in total. The van der Waals surface area contributed by atoms with Crippen LogP contribution >= 0.6 is 27.7 Å². The monoisotopic (exact) mass is 494 g/mol. The highest BCUT2D eigenvalue weighted by Gasteiger charge is 2.19. The van der Waals surface area contributed by atoms with Crippen molar-refractivity contribution in [3.05, 3.63) is 62.6 Å². The van der Waals surface area contributed by atoms with Crippen LogP contribution in [-0.4, -0.2) is 41.9 Å². The fraction of sp³-hybridized carbons (Fsp3) is 0.300. The number of non-ortho nitro benzene ring substituents is 1. The van der Waals surface area contributed by atoms with Gasteiger partial charge < -0.3 is 14.8 Å². The van der Waals surface area contributed by atoms with Crippen LogP contribution in [0.25, 0.3) is 0 Å². The van der Waals surface area contributed by atoms with Gasteiger partial charge in [0.05, 0.1) is 22.3 Å². The smallest absolute Gasteiger partial charge is 0.339 e. The van der Waals surface area contributed by atoms with Crippen molar-refractivity contribution in [3.63, 3.8) is 0 Å². The molecule has 0 spiro atoms. The van der Waals surface area contributed by atoms with Crippen LogP contribution in [0.5, 0.6) is 0 Å². The minimum absolute atomic E-state index is 0.108. The second-order valence-electron chi connectivity index (χ2n) is 6.49. The van der Waals surface area contributed by atoms with Gasteiger partial charge in [0, 0.05) is 33.9 Å². The van der Waals surface area contributed by atoms with Gasteiger partial charge in [-0.15, -0.1) is 11.8 Å². The largest absolute Gasteiger partial charge is 0.452 e. The first-order chi connectivity index (χ1) is 14.4. The van der Waals surface area contributed by atoms with E-state index in [1.54, 1.807) is 12.1 Å². The minimum Gasteiger partial charge on any atom is -0.452 e. The molecule has 158 valence electrons. The lowest BCUT2D eigenvalue weighted by molar-refractivity contribution is -0.384. The number of hydrogen-bond acceptors (Lipinski definition) is 7. The number of halogens is 1. The van der Waals surface area contributed by atoms with Gasteiger partial charge in [0.15, 0.2) is 6.61 Å². The third kappa shape index (κ3) is 6.04. The van der Waals surface area contributed by atoms with Crippen molar-refractivity contribution < 1.29 is 24.0 Å². The standard InChI is InChI=1S/C20H19BrN2O6S/c21-16-10-13(23(26)27)7-8-17(16)22-19(24)11-29-20(25)15-5-1-2-6-18(15)30-12-14-4-3-9-28-14/h1-2,5-8,10,14H,3-4,9,11-12H2,(H,22,24). The van der Waals surface area contributed by atoms with Crippen molar-refractivity contribution in [2.45, 2.75) is 23.8 Å². The fourth-order valence-corrected chi connectivity index (χ4v) is 4.41. The van der Waals surface area contributed by atoms with E-state index in [4.69, 9.17) is 9.47 Å². The summed E-state index contributed by atoms with van der Waals surface area (Å²) >= 11 is 4.70. The van der Waals surface area contributed by atoms with E-state index in [0.717, 1.165) is 30.1 Å². The number of carbonyl (C=O) groups is 2. The summed E-state index contributed by atoms with van der Waals surface area (Å²) in [6, 6.07) is 11.0. The second-order valence-corrected chi connectivity index (χ2v) is 8.40. The number of benzene rings is 2. The van der Waals surface area contributed by atoms with Crippen LogP contribution < -0.4 is 5.32 Å². The molecular formula is C20H19BrN2O6S. The van der Waals surface area contributed by atoms with Gasteiger partial charge in [-0.3, -0.25) is 14.9 Å². The minimum atomic E-state index is -0.594. The summed E-state index contributed by atoms with van der Waals surface area (Å²) in [5.41, 5.74) is 0.627. The summed E-state index contributed by atoms with van der Waals surface area (Å²) in [7, 11) is 0. The third-order valence-electron chi connectivity index (χ3n) is 4.33. The highest BCUT2D eigenvalue weighted by molar-refractivity contribution is 9.10. The maximum absolute atomic E-state index is 12.5. The number of rotatable bonds is 8. The number of hydrogen-bond donors (Lipinski definition) is 1. The van der Waals surface area contributed by atoms with Crippen LogP contribution in [0.4, 0.5) is 11.4 Å². The van der Waals surface area contributed by atoms with E-state index in [0.29, 0.717) is 15.7 Å². The molecule has 30 heavy (non-hydrogen) atoms. The first kappa shape index (κ1) is 22.3. The SMILES string of the molecule is O=C(COC(=O)c1ccccc1SCC1CCCO1)Nc1ccc([N+](=O)[O-])cc1Br. The van der Waals surface area contributed by atoms with Crippen LogP contribution in [-0.2, 0) is 14.3 Å². The molecule has 1 amide bonds. The molecule has 1 aliphatic rings. The first-order valence-electron chi connectivity index (χ1n) is 9.18. The van der Waals surface area contributed by atoms with Crippen LogP contribution in [0.1, 0.15) is 23.2 Å². The summed E-state index contributed by atoms with van der Waals surface area (Å²) in [5.74, 6) is -0.398. The summed E-state index contributed by atoms with van der Waals surface area (Å²) in [6.45, 7) is 0.294. The zero-order chi connectivity index (χ0) is 21.5. The van der Waals surface area contributed by atoms with Gasteiger partial charge in [-0.05, 0) is 47.0 Å². The Morgan fingerprint density at radius 2 is 2.10 bits per heavy atom. The molecule has 1 N–H and O–H groups in total. The summed E-state index contributed by atoms with van der Waals surface area (Å²) < 4.78 is 11.1. The number of nitro benzene ring substituents is 1. The van der Waals surface area contributed by atoms with Crippen molar-refractivity contribution >= 4 is 50.9 Å². The maximum Gasteiger partial charge on any atom is 0.339 e. The molecule has 2 aromatic carbocycles. The molecule has 1 unspecified atom stereocenters. The summed E-state index contributed by atoms with van der Waals surface area (Å²) in [6.07, 6.45) is 2.25. The second kappa shape index (κ2) is 10.6. The molecule has 1 atom stereocenters. The Hall–Kier alpha value is -2.43. The molecule has 0 bridgehead atoms. The topological polar surface area (TPSA) is 108 Å². The van der Waals surface area contributed by atoms with E-state index in [-0.39, 0.29) is 11.8 Å². The third-order valence-corrected chi connectivity index (χ3v) is 6.19. The van der Waals surface area contributed by atoms with Crippen molar-refractivity contribution in [1.82, 2.24) is 0 Å². The zero-order valence-corrected chi connectivity index (χ0v) is 18.2. The van der Waals surface area contributed by atoms with Crippen LogP contribution in [0.15, 0.2) is 51.8 Å². The number of thioether (sulfide) groups is 1.